The Kier molecular flexibility index (Phi) is 6.06. The first-order valence-corrected chi connectivity index (χ1v) is 7.41. The van der Waals surface area contributed by atoms with E-state index in [1.807, 2.05) is 0 Å². The Balaban J connectivity index is 1.88. The lowest BCUT2D eigenvalue weighted by Gasteiger charge is -2.03. The number of primary amides is 1. The molecule has 6 nitrogen and oxygen atoms in total. The molecular weight excluding hydrogens is 322 g/mol. The number of hydrogen-bond donors (Lipinski definition) is 1. The molecular formula is C19H17NO5. The quantitative estimate of drug-likeness (QED) is 0.644. The van der Waals surface area contributed by atoms with Crippen molar-refractivity contribution >= 4 is 23.9 Å². The number of methoxy groups -OCH3 is 1. The molecule has 2 rings (SSSR count). The Hall–Kier alpha value is -3.41. The van der Waals surface area contributed by atoms with Gasteiger partial charge in [-0.2, -0.15) is 0 Å². The summed E-state index contributed by atoms with van der Waals surface area (Å²) in [5, 5.41) is 0. The molecule has 0 bridgehead atoms. The molecule has 0 aliphatic heterocycles. The van der Waals surface area contributed by atoms with Crippen molar-refractivity contribution in [1.29, 1.82) is 0 Å². The zero-order chi connectivity index (χ0) is 18.2. The van der Waals surface area contributed by atoms with E-state index in [0.717, 1.165) is 11.1 Å². The molecule has 0 atom stereocenters. The zero-order valence-corrected chi connectivity index (χ0v) is 13.6. The molecule has 25 heavy (non-hydrogen) atoms. The minimum atomic E-state index is -0.510. The lowest BCUT2D eigenvalue weighted by Crippen LogP contribution is -2.10. The van der Waals surface area contributed by atoms with E-state index in [-0.39, 0.29) is 6.61 Å². The van der Waals surface area contributed by atoms with Crippen molar-refractivity contribution in [1.82, 2.24) is 0 Å². The zero-order valence-electron chi connectivity index (χ0n) is 13.6. The summed E-state index contributed by atoms with van der Waals surface area (Å²) in [4.78, 5) is 34.0. The number of carbonyl (C=O) groups excluding carboxylic acids is 3. The molecule has 1 amide bonds. The Morgan fingerprint density at radius 3 is 2.12 bits per heavy atom. The second kappa shape index (κ2) is 8.44. The number of ether oxygens (including phenoxy) is 2. The van der Waals surface area contributed by atoms with Crippen LogP contribution in [-0.4, -0.2) is 25.0 Å². The topological polar surface area (TPSA) is 95.7 Å². The average Bonchev–Trinajstić information content (AvgIpc) is 2.64. The summed E-state index contributed by atoms with van der Waals surface area (Å²) < 4.78 is 9.73. The van der Waals surface area contributed by atoms with Crippen molar-refractivity contribution in [3.05, 3.63) is 76.9 Å². The Morgan fingerprint density at radius 1 is 0.960 bits per heavy atom. The van der Waals surface area contributed by atoms with Gasteiger partial charge in [-0.15, -0.1) is 0 Å². The second-order valence-corrected chi connectivity index (χ2v) is 5.12. The fraction of sp³-hybridized carbons (Fsp3) is 0.105. The number of nitrogens with two attached hydrogens (primary N) is 1. The standard InChI is InChI=1S/C19H17NO5/c1-24-19(23)16-9-2-13(3-10-16)6-11-17(21)25-12-14-4-7-15(8-5-14)18(20)22/h2-11H,12H2,1H3,(H2,20,22)/b11-6+. The van der Waals surface area contributed by atoms with E-state index in [1.165, 1.54) is 13.2 Å². The molecule has 0 aliphatic carbocycles. The van der Waals surface area contributed by atoms with Crippen LogP contribution in [0.15, 0.2) is 54.6 Å². The van der Waals surface area contributed by atoms with Gasteiger partial charge < -0.3 is 15.2 Å². The van der Waals surface area contributed by atoms with Crippen molar-refractivity contribution in [3.63, 3.8) is 0 Å². The van der Waals surface area contributed by atoms with E-state index in [9.17, 15) is 14.4 Å². The Labute approximate surface area is 144 Å². The molecule has 2 aromatic rings. The van der Waals surface area contributed by atoms with Crippen LogP contribution in [0.2, 0.25) is 0 Å². The van der Waals surface area contributed by atoms with Crippen LogP contribution >= 0.6 is 0 Å². The SMILES string of the molecule is COC(=O)c1ccc(/C=C/C(=O)OCc2ccc(C(N)=O)cc2)cc1. The maximum Gasteiger partial charge on any atom is 0.337 e. The summed E-state index contributed by atoms with van der Waals surface area (Å²) in [7, 11) is 1.31. The molecule has 0 aromatic heterocycles. The number of esters is 2. The summed E-state index contributed by atoms with van der Waals surface area (Å²) in [6.07, 6.45) is 2.88. The number of carbonyl (C=O) groups is 3. The third-order valence-electron chi connectivity index (χ3n) is 3.36. The van der Waals surface area contributed by atoms with Gasteiger partial charge in [0.2, 0.25) is 5.91 Å². The van der Waals surface area contributed by atoms with Gasteiger partial charge in [0, 0.05) is 11.6 Å². The minimum absolute atomic E-state index is 0.0868. The van der Waals surface area contributed by atoms with E-state index >= 15 is 0 Å². The van der Waals surface area contributed by atoms with Crippen LogP contribution in [0, 0.1) is 0 Å². The van der Waals surface area contributed by atoms with Gasteiger partial charge >= 0.3 is 11.9 Å². The van der Waals surface area contributed by atoms with Gasteiger partial charge in [-0.05, 0) is 41.5 Å². The first-order chi connectivity index (χ1) is 12.0. The highest BCUT2D eigenvalue weighted by Gasteiger charge is 2.04. The number of amides is 1. The molecule has 0 fully saturated rings. The van der Waals surface area contributed by atoms with E-state index in [2.05, 4.69) is 4.74 Å². The number of hydrogen-bond acceptors (Lipinski definition) is 5. The monoisotopic (exact) mass is 339 g/mol. The molecule has 0 aliphatic rings. The van der Waals surface area contributed by atoms with Crippen LogP contribution in [0.5, 0.6) is 0 Å². The highest BCUT2D eigenvalue weighted by Crippen LogP contribution is 2.09. The molecule has 0 spiro atoms. The molecule has 6 heteroatoms. The van der Waals surface area contributed by atoms with Crippen molar-refractivity contribution < 1.29 is 23.9 Å². The van der Waals surface area contributed by atoms with Crippen LogP contribution in [0.25, 0.3) is 6.08 Å². The van der Waals surface area contributed by atoms with Gasteiger partial charge in [0.05, 0.1) is 12.7 Å². The predicted octanol–water partition coefficient (Wildman–Crippen LogP) is 2.33. The summed E-state index contributed by atoms with van der Waals surface area (Å²) in [6.45, 7) is 0.0868. The van der Waals surface area contributed by atoms with Crippen molar-refractivity contribution in [2.24, 2.45) is 5.73 Å². The number of benzene rings is 2. The van der Waals surface area contributed by atoms with Crippen LogP contribution in [0.3, 0.4) is 0 Å². The Morgan fingerprint density at radius 2 is 1.56 bits per heavy atom. The fourth-order valence-corrected chi connectivity index (χ4v) is 1.98. The summed E-state index contributed by atoms with van der Waals surface area (Å²) in [6, 6.07) is 13.1. The molecule has 0 saturated carbocycles. The van der Waals surface area contributed by atoms with Crippen LogP contribution in [-0.2, 0) is 20.9 Å². The summed E-state index contributed by atoms with van der Waals surface area (Å²) in [5.74, 6) is -1.43. The highest BCUT2D eigenvalue weighted by molar-refractivity contribution is 5.92. The van der Waals surface area contributed by atoms with Crippen molar-refractivity contribution in [2.45, 2.75) is 6.61 Å². The third-order valence-corrected chi connectivity index (χ3v) is 3.36. The molecule has 128 valence electrons. The average molecular weight is 339 g/mol. The maximum absolute atomic E-state index is 11.7. The lowest BCUT2D eigenvalue weighted by molar-refractivity contribution is -0.138. The maximum atomic E-state index is 11.7. The molecule has 0 unspecified atom stereocenters. The number of rotatable bonds is 6. The summed E-state index contributed by atoms with van der Waals surface area (Å²) >= 11 is 0. The van der Waals surface area contributed by atoms with E-state index in [0.29, 0.717) is 11.1 Å². The van der Waals surface area contributed by atoms with Crippen molar-refractivity contribution in [3.8, 4) is 0 Å². The first-order valence-electron chi connectivity index (χ1n) is 7.41. The molecule has 0 heterocycles. The van der Waals surface area contributed by atoms with Gasteiger partial charge in [0.15, 0.2) is 0 Å². The van der Waals surface area contributed by atoms with E-state index in [4.69, 9.17) is 10.5 Å². The fourth-order valence-electron chi connectivity index (χ4n) is 1.98. The minimum Gasteiger partial charge on any atom is -0.465 e. The highest BCUT2D eigenvalue weighted by atomic mass is 16.5. The van der Waals surface area contributed by atoms with Crippen LogP contribution < -0.4 is 5.73 Å². The first kappa shape index (κ1) is 17.9. The summed E-state index contributed by atoms with van der Waals surface area (Å²) in [5.41, 5.74) is 7.47. The van der Waals surface area contributed by atoms with E-state index in [1.54, 1.807) is 54.6 Å². The van der Waals surface area contributed by atoms with Gasteiger partial charge in [-0.3, -0.25) is 4.79 Å². The van der Waals surface area contributed by atoms with E-state index < -0.39 is 17.8 Å². The Bertz CT molecular complexity index is 792. The second-order valence-electron chi connectivity index (χ2n) is 5.12. The van der Waals surface area contributed by atoms with Crippen LogP contribution in [0.4, 0.5) is 0 Å². The normalized spacial score (nSPS) is 10.4. The molecule has 0 saturated heterocycles. The molecule has 2 aromatic carbocycles. The molecule has 0 radical (unpaired) electrons. The predicted molar refractivity (Wildman–Crippen MR) is 91.6 cm³/mol. The van der Waals surface area contributed by atoms with Gasteiger partial charge in [-0.1, -0.05) is 24.3 Å². The third kappa shape index (κ3) is 5.31. The lowest BCUT2D eigenvalue weighted by atomic mass is 10.1. The largest absolute Gasteiger partial charge is 0.465 e. The van der Waals surface area contributed by atoms with Gasteiger partial charge in [0.1, 0.15) is 6.61 Å². The van der Waals surface area contributed by atoms with Crippen molar-refractivity contribution in [2.75, 3.05) is 7.11 Å². The van der Waals surface area contributed by atoms with Gasteiger partial charge in [-0.25, -0.2) is 9.59 Å². The smallest absolute Gasteiger partial charge is 0.337 e. The van der Waals surface area contributed by atoms with Gasteiger partial charge in [0.25, 0.3) is 0 Å². The van der Waals surface area contributed by atoms with Crippen LogP contribution in [0.1, 0.15) is 31.8 Å². The molecule has 2 N–H and O–H groups in total.